The van der Waals surface area contributed by atoms with Crippen LogP contribution >= 0.6 is 0 Å². The molecule has 1 N–H and O–H groups in total. The highest BCUT2D eigenvalue weighted by atomic mass is 19.4. The first-order chi connectivity index (χ1) is 12.0. The molecule has 0 aliphatic rings. The van der Waals surface area contributed by atoms with Gasteiger partial charge in [-0.25, -0.2) is 4.39 Å². The summed E-state index contributed by atoms with van der Waals surface area (Å²) in [5.74, 6) is -2.52. The van der Waals surface area contributed by atoms with Crippen LogP contribution in [0.15, 0.2) is 42.5 Å². The molecule has 0 aliphatic heterocycles. The quantitative estimate of drug-likeness (QED) is 0.767. The minimum absolute atomic E-state index is 0.0632. The summed E-state index contributed by atoms with van der Waals surface area (Å²) in [6.45, 7) is -0.910. The molecule has 2 rings (SSSR count). The van der Waals surface area contributed by atoms with Crippen molar-refractivity contribution in [3.63, 3.8) is 0 Å². The zero-order valence-electron chi connectivity index (χ0n) is 12.7. The lowest BCUT2D eigenvalue weighted by atomic mass is 10.1. The van der Waals surface area contributed by atoms with Crippen LogP contribution in [0, 0.1) is 5.82 Å². The maximum atomic E-state index is 13.4. The van der Waals surface area contributed by atoms with Crippen molar-refractivity contribution in [1.29, 1.82) is 0 Å². The molecule has 0 unspecified atom stereocenters. The number of alkyl halides is 6. The van der Waals surface area contributed by atoms with Gasteiger partial charge in [-0.05, 0) is 30.3 Å². The van der Waals surface area contributed by atoms with Gasteiger partial charge in [-0.2, -0.15) is 26.3 Å². The van der Waals surface area contributed by atoms with Crippen LogP contribution in [0.1, 0.15) is 11.1 Å². The lowest BCUT2D eigenvalue weighted by Crippen LogP contribution is -2.21. The summed E-state index contributed by atoms with van der Waals surface area (Å²) < 4.78 is 94.4. The topological polar surface area (TPSA) is 38.3 Å². The molecule has 0 saturated carbocycles. The van der Waals surface area contributed by atoms with Crippen molar-refractivity contribution in [2.45, 2.75) is 12.4 Å². The standard InChI is InChI=1S/C16H10F7NO2/c17-12-3-1-2-4-13(12)24-14(25)8-26-11-6-9(15(18,19)20)5-10(7-11)16(21,22)23/h1-7H,8H2,(H,24,25). The zero-order chi connectivity index (χ0) is 19.5. The van der Waals surface area contributed by atoms with Crippen molar-refractivity contribution in [2.75, 3.05) is 11.9 Å². The summed E-state index contributed by atoms with van der Waals surface area (Å²) in [5.41, 5.74) is -3.35. The maximum absolute atomic E-state index is 13.4. The van der Waals surface area contributed by atoms with Gasteiger partial charge in [-0.3, -0.25) is 4.79 Å². The van der Waals surface area contributed by atoms with Crippen LogP contribution in [0.5, 0.6) is 5.75 Å². The molecule has 0 aromatic heterocycles. The van der Waals surface area contributed by atoms with E-state index in [9.17, 15) is 35.5 Å². The monoisotopic (exact) mass is 381 g/mol. The number of carbonyl (C=O) groups excluding carboxylic acids is 1. The van der Waals surface area contributed by atoms with Gasteiger partial charge in [-0.1, -0.05) is 12.1 Å². The molecule has 26 heavy (non-hydrogen) atoms. The Bertz CT molecular complexity index is 768. The normalized spacial score (nSPS) is 12.0. The van der Waals surface area contributed by atoms with E-state index in [0.717, 1.165) is 6.07 Å². The van der Waals surface area contributed by atoms with E-state index >= 15 is 0 Å². The molecular formula is C16H10F7NO2. The third-order valence-electron chi connectivity index (χ3n) is 3.08. The van der Waals surface area contributed by atoms with E-state index in [1.165, 1.54) is 18.2 Å². The minimum Gasteiger partial charge on any atom is -0.484 e. The summed E-state index contributed by atoms with van der Waals surface area (Å²) in [6.07, 6.45) is -10.1. The van der Waals surface area contributed by atoms with Gasteiger partial charge >= 0.3 is 12.4 Å². The predicted molar refractivity (Wildman–Crippen MR) is 77.0 cm³/mol. The smallest absolute Gasteiger partial charge is 0.416 e. The molecule has 1 amide bonds. The van der Waals surface area contributed by atoms with Crippen LogP contribution in [0.3, 0.4) is 0 Å². The number of para-hydroxylation sites is 1. The van der Waals surface area contributed by atoms with Crippen molar-refractivity contribution < 1.29 is 40.3 Å². The molecule has 0 atom stereocenters. The Kier molecular flexibility index (Phi) is 5.43. The number of carbonyl (C=O) groups is 1. The Hall–Kier alpha value is -2.78. The number of hydrogen-bond acceptors (Lipinski definition) is 2. The van der Waals surface area contributed by atoms with Gasteiger partial charge in [0.1, 0.15) is 11.6 Å². The van der Waals surface area contributed by atoms with Crippen molar-refractivity contribution >= 4 is 11.6 Å². The lowest BCUT2D eigenvalue weighted by molar-refractivity contribution is -0.143. The molecule has 0 heterocycles. The van der Waals surface area contributed by atoms with Crippen LogP contribution in [-0.2, 0) is 17.1 Å². The molecule has 140 valence electrons. The van der Waals surface area contributed by atoms with Crippen molar-refractivity contribution in [3.8, 4) is 5.75 Å². The average Bonchev–Trinajstić information content (AvgIpc) is 2.53. The van der Waals surface area contributed by atoms with Gasteiger partial charge in [0.2, 0.25) is 0 Å². The fraction of sp³-hybridized carbons (Fsp3) is 0.188. The fourth-order valence-corrected chi connectivity index (χ4v) is 1.91. The number of amides is 1. The Morgan fingerprint density at radius 2 is 1.46 bits per heavy atom. The number of ether oxygens (including phenoxy) is 1. The number of hydrogen-bond donors (Lipinski definition) is 1. The largest absolute Gasteiger partial charge is 0.484 e. The first-order valence-electron chi connectivity index (χ1n) is 6.93. The van der Waals surface area contributed by atoms with E-state index < -0.39 is 47.6 Å². The van der Waals surface area contributed by atoms with E-state index in [4.69, 9.17) is 4.74 Å². The van der Waals surface area contributed by atoms with Crippen LogP contribution < -0.4 is 10.1 Å². The number of benzene rings is 2. The second-order valence-corrected chi connectivity index (χ2v) is 5.06. The first-order valence-corrected chi connectivity index (χ1v) is 6.93. The van der Waals surface area contributed by atoms with Gasteiger partial charge < -0.3 is 10.1 Å². The second-order valence-electron chi connectivity index (χ2n) is 5.06. The second kappa shape index (κ2) is 7.22. The molecule has 0 spiro atoms. The predicted octanol–water partition coefficient (Wildman–Crippen LogP) is 4.88. The van der Waals surface area contributed by atoms with Gasteiger partial charge in [-0.15, -0.1) is 0 Å². The molecular weight excluding hydrogens is 371 g/mol. The SMILES string of the molecule is O=C(COc1cc(C(F)(F)F)cc(C(F)(F)F)c1)Nc1ccccc1F. The number of halogens is 7. The van der Waals surface area contributed by atoms with Crippen LogP contribution in [0.4, 0.5) is 36.4 Å². The Balaban J connectivity index is 2.16. The van der Waals surface area contributed by atoms with Crippen LogP contribution in [0.2, 0.25) is 0 Å². The Morgan fingerprint density at radius 3 is 1.96 bits per heavy atom. The number of nitrogens with one attached hydrogen (secondary N) is 1. The van der Waals surface area contributed by atoms with E-state index in [2.05, 4.69) is 5.32 Å². The molecule has 3 nitrogen and oxygen atoms in total. The molecule has 0 bridgehead atoms. The van der Waals surface area contributed by atoms with Crippen molar-refractivity contribution in [1.82, 2.24) is 0 Å². The summed E-state index contributed by atoms with van der Waals surface area (Å²) in [5, 5.41) is 2.09. The van der Waals surface area contributed by atoms with Gasteiger partial charge in [0.05, 0.1) is 16.8 Å². The van der Waals surface area contributed by atoms with E-state index in [0.29, 0.717) is 12.1 Å². The molecule has 0 aliphatic carbocycles. The molecule has 2 aromatic rings. The van der Waals surface area contributed by atoms with Crippen LogP contribution in [0.25, 0.3) is 0 Å². The molecule has 10 heteroatoms. The van der Waals surface area contributed by atoms with Crippen molar-refractivity contribution in [3.05, 3.63) is 59.4 Å². The maximum Gasteiger partial charge on any atom is 0.416 e. The van der Waals surface area contributed by atoms with Gasteiger partial charge in [0.15, 0.2) is 6.61 Å². The average molecular weight is 381 g/mol. The number of anilines is 1. The molecule has 0 radical (unpaired) electrons. The number of rotatable bonds is 4. The molecule has 0 fully saturated rings. The zero-order valence-corrected chi connectivity index (χ0v) is 12.7. The third-order valence-corrected chi connectivity index (χ3v) is 3.08. The summed E-state index contributed by atoms with van der Waals surface area (Å²) in [7, 11) is 0. The summed E-state index contributed by atoms with van der Waals surface area (Å²) >= 11 is 0. The fourth-order valence-electron chi connectivity index (χ4n) is 1.91. The Labute approximate surface area is 142 Å². The lowest BCUT2D eigenvalue weighted by Gasteiger charge is -2.14. The minimum atomic E-state index is -5.03. The first kappa shape index (κ1) is 19.5. The van der Waals surface area contributed by atoms with Gasteiger partial charge in [0, 0.05) is 0 Å². The van der Waals surface area contributed by atoms with E-state index in [-0.39, 0.29) is 11.8 Å². The Morgan fingerprint density at radius 1 is 0.923 bits per heavy atom. The highest BCUT2D eigenvalue weighted by molar-refractivity contribution is 5.91. The molecule has 0 saturated heterocycles. The van der Waals surface area contributed by atoms with E-state index in [1.807, 2.05) is 0 Å². The van der Waals surface area contributed by atoms with E-state index in [1.54, 1.807) is 0 Å². The van der Waals surface area contributed by atoms with Crippen molar-refractivity contribution in [2.24, 2.45) is 0 Å². The highest BCUT2D eigenvalue weighted by Gasteiger charge is 2.37. The molecule has 2 aromatic carbocycles. The van der Waals surface area contributed by atoms with Gasteiger partial charge in [0.25, 0.3) is 5.91 Å². The summed E-state index contributed by atoms with van der Waals surface area (Å²) in [4.78, 5) is 11.7. The highest BCUT2D eigenvalue weighted by Crippen LogP contribution is 2.38. The van der Waals surface area contributed by atoms with Crippen LogP contribution in [-0.4, -0.2) is 12.5 Å². The summed E-state index contributed by atoms with van der Waals surface area (Å²) in [6, 6.07) is 5.67. The third kappa shape index (κ3) is 5.11.